The summed E-state index contributed by atoms with van der Waals surface area (Å²) in [5, 5.41) is 8.49. The van der Waals surface area contributed by atoms with E-state index < -0.39 is 0 Å². The van der Waals surface area contributed by atoms with E-state index in [1.165, 1.54) is 0 Å². The molecule has 1 rings (SSSR count). The molecule has 11 heavy (non-hydrogen) atoms. The minimum Gasteiger partial charge on any atom is -0.392 e. The number of nitrogens with zero attached hydrogens (tertiary/aromatic N) is 1. The van der Waals surface area contributed by atoms with Crippen LogP contribution in [0.25, 0.3) is 6.08 Å². The molecule has 0 amide bonds. The summed E-state index contributed by atoms with van der Waals surface area (Å²) in [6, 6.07) is 2.01. The maximum absolute atomic E-state index is 8.49. The van der Waals surface area contributed by atoms with Crippen molar-refractivity contribution >= 4 is 6.08 Å². The maximum Gasteiger partial charge on any atom is 0.0615 e. The van der Waals surface area contributed by atoms with Crippen LogP contribution >= 0.6 is 0 Å². The summed E-state index contributed by atoms with van der Waals surface area (Å²) in [5.41, 5.74) is 2.16. The first-order valence-corrected chi connectivity index (χ1v) is 3.52. The average Bonchev–Trinajstić information content (AvgIpc) is 2.01. The van der Waals surface area contributed by atoms with Gasteiger partial charge < -0.3 is 5.11 Å². The molecule has 0 aliphatic rings. The highest BCUT2D eigenvalue weighted by Crippen LogP contribution is 2.02. The number of aliphatic hydroxyl groups excluding tert-OH is 1. The second kappa shape index (κ2) is 3.88. The molecular weight excluding hydrogens is 138 g/mol. The predicted octanol–water partition coefficient (Wildman–Crippen LogP) is 1.40. The van der Waals surface area contributed by atoms with E-state index in [0.29, 0.717) is 0 Å². The van der Waals surface area contributed by atoms with Gasteiger partial charge in [0.05, 0.1) is 6.61 Å². The first-order chi connectivity index (χ1) is 5.33. The van der Waals surface area contributed by atoms with Crippen LogP contribution < -0.4 is 0 Å². The van der Waals surface area contributed by atoms with Gasteiger partial charge in [-0.05, 0) is 24.1 Å². The fraction of sp³-hybridized carbons (Fsp3) is 0.222. The molecule has 1 N–H and O–H groups in total. The largest absolute Gasteiger partial charge is 0.392 e. The topological polar surface area (TPSA) is 33.1 Å². The third-order valence-corrected chi connectivity index (χ3v) is 1.31. The van der Waals surface area contributed by atoms with Crippen LogP contribution in [0.15, 0.2) is 24.5 Å². The van der Waals surface area contributed by atoms with Gasteiger partial charge in [-0.25, -0.2) is 0 Å². The van der Waals surface area contributed by atoms with Crippen molar-refractivity contribution in [3.63, 3.8) is 0 Å². The molecule has 0 aromatic carbocycles. The molecule has 0 atom stereocenters. The highest BCUT2D eigenvalue weighted by atomic mass is 16.2. The van der Waals surface area contributed by atoms with E-state index >= 15 is 0 Å². The predicted molar refractivity (Wildman–Crippen MR) is 45.1 cm³/mol. The number of aromatic nitrogens is 1. The molecular formula is C9H11NO. The standard InChI is InChI=1S/C9H11NO/c1-8-5-9(3-2-4-11)7-10-6-8/h2-3,5-7,11H,4H2,1H3/b3-2+. The van der Waals surface area contributed by atoms with Gasteiger partial charge in [-0.2, -0.15) is 0 Å². The summed E-state index contributed by atoms with van der Waals surface area (Å²) < 4.78 is 0. The van der Waals surface area contributed by atoms with Crippen molar-refractivity contribution in [3.05, 3.63) is 35.7 Å². The lowest BCUT2D eigenvalue weighted by molar-refractivity contribution is 0.343. The van der Waals surface area contributed by atoms with Crippen molar-refractivity contribution in [3.8, 4) is 0 Å². The molecule has 1 aromatic heterocycles. The van der Waals surface area contributed by atoms with Crippen molar-refractivity contribution in [2.75, 3.05) is 6.61 Å². The Morgan fingerprint density at radius 3 is 3.00 bits per heavy atom. The Morgan fingerprint density at radius 2 is 2.36 bits per heavy atom. The van der Waals surface area contributed by atoms with Crippen molar-refractivity contribution in [1.82, 2.24) is 4.98 Å². The van der Waals surface area contributed by atoms with Crippen LogP contribution in [-0.2, 0) is 0 Å². The van der Waals surface area contributed by atoms with Gasteiger partial charge in [0.2, 0.25) is 0 Å². The van der Waals surface area contributed by atoms with Gasteiger partial charge >= 0.3 is 0 Å². The number of rotatable bonds is 2. The van der Waals surface area contributed by atoms with Gasteiger partial charge in [-0.3, -0.25) is 4.98 Å². The Hall–Kier alpha value is -1.15. The zero-order chi connectivity index (χ0) is 8.10. The lowest BCUT2D eigenvalue weighted by Crippen LogP contribution is -1.79. The van der Waals surface area contributed by atoms with E-state index in [-0.39, 0.29) is 6.61 Å². The summed E-state index contributed by atoms with van der Waals surface area (Å²) in [7, 11) is 0. The van der Waals surface area contributed by atoms with E-state index in [2.05, 4.69) is 4.98 Å². The second-order valence-corrected chi connectivity index (χ2v) is 2.38. The summed E-state index contributed by atoms with van der Waals surface area (Å²) in [4.78, 5) is 4.00. The van der Waals surface area contributed by atoms with Gasteiger partial charge in [-0.1, -0.05) is 12.2 Å². The van der Waals surface area contributed by atoms with Gasteiger partial charge in [0.1, 0.15) is 0 Å². The first-order valence-electron chi connectivity index (χ1n) is 3.52. The van der Waals surface area contributed by atoms with E-state index in [4.69, 9.17) is 5.11 Å². The Morgan fingerprint density at radius 1 is 1.55 bits per heavy atom. The Labute approximate surface area is 66.2 Å². The molecule has 1 heterocycles. The molecule has 0 unspecified atom stereocenters. The molecule has 0 saturated heterocycles. The van der Waals surface area contributed by atoms with Crippen LogP contribution in [0.3, 0.4) is 0 Å². The highest BCUT2D eigenvalue weighted by molar-refractivity contribution is 5.48. The fourth-order valence-electron chi connectivity index (χ4n) is 0.858. The summed E-state index contributed by atoms with van der Waals surface area (Å²) in [6.07, 6.45) is 7.10. The normalized spacial score (nSPS) is 10.7. The molecule has 0 aliphatic heterocycles. The third-order valence-electron chi connectivity index (χ3n) is 1.31. The number of aryl methyl sites for hydroxylation is 1. The highest BCUT2D eigenvalue weighted by Gasteiger charge is 1.86. The SMILES string of the molecule is Cc1cncc(/C=C/CO)c1. The molecule has 0 bridgehead atoms. The molecule has 2 nitrogen and oxygen atoms in total. The molecule has 0 aliphatic carbocycles. The quantitative estimate of drug-likeness (QED) is 0.689. The zero-order valence-corrected chi connectivity index (χ0v) is 6.49. The molecule has 2 heteroatoms. The lowest BCUT2D eigenvalue weighted by Gasteiger charge is -1.93. The fourth-order valence-corrected chi connectivity index (χ4v) is 0.858. The van der Waals surface area contributed by atoms with Crippen LogP contribution in [0.1, 0.15) is 11.1 Å². The van der Waals surface area contributed by atoms with Crippen LogP contribution in [0.5, 0.6) is 0 Å². The third kappa shape index (κ3) is 2.51. The number of pyridine rings is 1. The smallest absolute Gasteiger partial charge is 0.0615 e. The second-order valence-electron chi connectivity index (χ2n) is 2.38. The maximum atomic E-state index is 8.49. The lowest BCUT2D eigenvalue weighted by atomic mass is 10.2. The van der Waals surface area contributed by atoms with E-state index in [1.54, 1.807) is 18.5 Å². The molecule has 1 aromatic rings. The van der Waals surface area contributed by atoms with Gasteiger partial charge in [0.25, 0.3) is 0 Å². The van der Waals surface area contributed by atoms with Crippen molar-refractivity contribution < 1.29 is 5.11 Å². The van der Waals surface area contributed by atoms with Crippen molar-refractivity contribution in [1.29, 1.82) is 0 Å². The van der Waals surface area contributed by atoms with Gasteiger partial charge in [0.15, 0.2) is 0 Å². The molecule has 58 valence electrons. The van der Waals surface area contributed by atoms with Gasteiger partial charge in [0, 0.05) is 12.4 Å². The minimum atomic E-state index is 0.0773. The monoisotopic (exact) mass is 149 g/mol. The molecule has 0 saturated carbocycles. The zero-order valence-electron chi connectivity index (χ0n) is 6.49. The minimum absolute atomic E-state index is 0.0773. The number of hydrogen-bond acceptors (Lipinski definition) is 2. The van der Waals surface area contributed by atoms with Crippen LogP contribution in [0.4, 0.5) is 0 Å². The Kier molecular flexibility index (Phi) is 2.81. The number of hydrogen-bond donors (Lipinski definition) is 1. The van der Waals surface area contributed by atoms with E-state index in [0.717, 1.165) is 11.1 Å². The van der Waals surface area contributed by atoms with Gasteiger partial charge in [-0.15, -0.1) is 0 Å². The molecule has 0 fully saturated rings. The van der Waals surface area contributed by atoms with E-state index in [9.17, 15) is 0 Å². The number of aliphatic hydroxyl groups is 1. The summed E-state index contributed by atoms with van der Waals surface area (Å²) in [5.74, 6) is 0. The Bertz CT molecular complexity index is 255. The molecule has 0 spiro atoms. The van der Waals surface area contributed by atoms with Crippen LogP contribution in [0.2, 0.25) is 0 Å². The average molecular weight is 149 g/mol. The summed E-state index contributed by atoms with van der Waals surface area (Å²) in [6.45, 7) is 2.07. The van der Waals surface area contributed by atoms with Crippen LogP contribution in [-0.4, -0.2) is 16.7 Å². The van der Waals surface area contributed by atoms with Crippen molar-refractivity contribution in [2.45, 2.75) is 6.92 Å². The van der Waals surface area contributed by atoms with Crippen LogP contribution in [0, 0.1) is 6.92 Å². The Balaban J connectivity index is 2.79. The molecule has 0 radical (unpaired) electrons. The summed E-state index contributed by atoms with van der Waals surface area (Å²) >= 11 is 0. The van der Waals surface area contributed by atoms with E-state index in [1.807, 2.05) is 19.1 Å². The van der Waals surface area contributed by atoms with Crippen molar-refractivity contribution in [2.24, 2.45) is 0 Å². The first kappa shape index (κ1) is 7.95.